The topological polar surface area (TPSA) is 80.0 Å². The van der Waals surface area contributed by atoms with E-state index >= 15 is 0 Å². The number of nitrogens with two attached hydrogens (primary N) is 1. The molecule has 1 heterocycles. The highest BCUT2D eigenvalue weighted by atomic mass is 16.1. The van der Waals surface area contributed by atoms with Gasteiger partial charge in [0, 0.05) is 31.2 Å². The first-order valence-electron chi connectivity index (χ1n) is 5.97. The number of hydrogen-bond acceptors (Lipinski definition) is 4. The van der Waals surface area contributed by atoms with Gasteiger partial charge in [0.05, 0.1) is 0 Å². The lowest BCUT2D eigenvalue weighted by Gasteiger charge is -2.08. The van der Waals surface area contributed by atoms with Crippen LogP contribution in [0.2, 0.25) is 0 Å². The van der Waals surface area contributed by atoms with Gasteiger partial charge in [0.15, 0.2) is 0 Å². The van der Waals surface area contributed by atoms with Crippen molar-refractivity contribution < 1.29 is 4.79 Å². The summed E-state index contributed by atoms with van der Waals surface area (Å²) in [4.78, 5) is 15.5. The standard InChI is InChI=1S/C14H16N4O/c1-16-14(19)13-8-12(5-6-17-13)18-11-4-2-3-10(7-11)9-15/h2-8H,9,15H2,1H3,(H,16,19)(H,17,18). The summed E-state index contributed by atoms with van der Waals surface area (Å²) >= 11 is 0. The number of amides is 1. The van der Waals surface area contributed by atoms with Crippen LogP contribution in [0.5, 0.6) is 0 Å². The Balaban J connectivity index is 2.20. The summed E-state index contributed by atoms with van der Waals surface area (Å²) in [6, 6.07) is 11.3. The highest BCUT2D eigenvalue weighted by Gasteiger charge is 2.05. The number of benzene rings is 1. The average Bonchev–Trinajstić information content (AvgIpc) is 2.47. The molecule has 0 spiro atoms. The van der Waals surface area contributed by atoms with Crippen LogP contribution in [0, 0.1) is 0 Å². The summed E-state index contributed by atoms with van der Waals surface area (Å²) in [6.45, 7) is 0.495. The lowest BCUT2D eigenvalue weighted by Crippen LogP contribution is -2.19. The number of carbonyl (C=O) groups is 1. The van der Waals surface area contributed by atoms with E-state index in [0.717, 1.165) is 16.9 Å². The summed E-state index contributed by atoms with van der Waals surface area (Å²) in [5.74, 6) is -0.209. The van der Waals surface area contributed by atoms with Crippen LogP contribution in [0.25, 0.3) is 0 Å². The number of anilines is 2. The molecular formula is C14H16N4O. The Hall–Kier alpha value is -2.40. The average molecular weight is 256 g/mol. The fraction of sp³-hybridized carbons (Fsp3) is 0.143. The smallest absolute Gasteiger partial charge is 0.269 e. The molecule has 98 valence electrons. The van der Waals surface area contributed by atoms with Gasteiger partial charge in [-0.05, 0) is 29.8 Å². The molecule has 19 heavy (non-hydrogen) atoms. The summed E-state index contributed by atoms with van der Waals surface area (Å²) in [6.07, 6.45) is 1.60. The van der Waals surface area contributed by atoms with Crippen LogP contribution in [0.15, 0.2) is 42.6 Å². The van der Waals surface area contributed by atoms with Gasteiger partial charge >= 0.3 is 0 Å². The third kappa shape index (κ3) is 3.29. The van der Waals surface area contributed by atoms with E-state index in [1.54, 1.807) is 19.3 Å². The van der Waals surface area contributed by atoms with Crippen molar-refractivity contribution in [3.05, 3.63) is 53.9 Å². The third-order valence-electron chi connectivity index (χ3n) is 2.67. The molecule has 2 rings (SSSR count). The zero-order chi connectivity index (χ0) is 13.7. The molecule has 0 aliphatic rings. The van der Waals surface area contributed by atoms with Crippen LogP contribution in [-0.4, -0.2) is 17.9 Å². The quantitative estimate of drug-likeness (QED) is 0.777. The number of nitrogens with one attached hydrogen (secondary N) is 2. The van der Waals surface area contributed by atoms with Crippen molar-refractivity contribution in [2.24, 2.45) is 5.73 Å². The van der Waals surface area contributed by atoms with Gasteiger partial charge in [0.25, 0.3) is 5.91 Å². The van der Waals surface area contributed by atoms with Crippen molar-refractivity contribution >= 4 is 17.3 Å². The van der Waals surface area contributed by atoms with E-state index in [1.807, 2.05) is 30.3 Å². The molecule has 0 aliphatic heterocycles. The molecule has 0 fully saturated rings. The second kappa shape index (κ2) is 5.97. The van der Waals surface area contributed by atoms with Gasteiger partial charge in [-0.25, -0.2) is 0 Å². The summed E-state index contributed by atoms with van der Waals surface area (Å²) in [7, 11) is 1.58. The maximum atomic E-state index is 11.5. The molecule has 4 N–H and O–H groups in total. The van der Waals surface area contributed by atoms with Crippen LogP contribution in [-0.2, 0) is 6.54 Å². The number of carbonyl (C=O) groups excluding carboxylic acids is 1. The van der Waals surface area contributed by atoms with Gasteiger partial charge < -0.3 is 16.4 Å². The van der Waals surface area contributed by atoms with Crippen LogP contribution >= 0.6 is 0 Å². The van der Waals surface area contributed by atoms with Gasteiger partial charge in [-0.2, -0.15) is 0 Å². The van der Waals surface area contributed by atoms with Crippen molar-refractivity contribution in [1.82, 2.24) is 10.3 Å². The van der Waals surface area contributed by atoms with Gasteiger partial charge in [-0.3, -0.25) is 9.78 Å². The molecule has 0 atom stereocenters. The monoisotopic (exact) mass is 256 g/mol. The summed E-state index contributed by atoms with van der Waals surface area (Å²) in [5, 5.41) is 5.77. The van der Waals surface area contributed by atoms with E-state index in [-0.39, 0.29) is 5.91 Å². The largest absolute Gasteiger partial charge is 0.355 e. The lowest BCUT2D eigenvalue weighted by atomic mass is 10.2. The second-order valence-electron chi connectivity index (χ2n) is 4.04. The van der Waals surface area contributed by atoms with Crippen molar-refractivity contribution in [1.29, 1.82) is 0 Å². The predicted molar refractivity (Wildman–Crippen MR) is 75.2 cm³/mol. The zero-order valence-corrected chi connectivity index (χ0v) is 10.7. The SMILES string of the molecule is CNC(=O)c1cc(Nc2cccc(CN)c2)ccn1. The highest BCUT2D eigenvalue weighted by Crippen LogP contribution is 2.17. The Morgan fingerprint density at radius 2 is 2.05 bits per heavy atom. The first-order valence-corrected chi connectivity index (χ1v) is 5.97. The Labute approximate surface area is 111 Å². The van der Waals surface area contributed by atoms with E-state index < -0.39 is 0 Å². The molecule has 0 aliphatic carbocycles. The summed E-state index contributed by atoms with van der Waals surface area (Å²) in [5.41, 5.74) is 8.76. The number of rotatable bonds is 4. The molecule has 1 aromatic heterocycles. The van der Waals surface area contributed by atoms with Gasteiger partial charge in [-0.15, -0.1) is 0 Å². The number of nitrogens with zero attached hydrogens (tertiary/aromatic N) is 1. The van der Waals surface area contributed by atoms with Gasteiger partial charge in [-0.1, -0.05) is 12.1 Å². The van der Waals surface area contributed by atoms with Crippen molar-refractivity contribution in [3.8, 4) is 0 Å². The highest BCUT2D eigenvalue weighted by molar-refractivity contribution is 5.93. The van der Waals surface area contributed by atoms with Gasteiger partial charge in [0.2, 0.25) is 0 Å². The lowest BCUT2D eigenvalue weighted by molar-refractivity contribution is 0.0958. The minimum atomic E-state index is -0.209. The first-order chi connectivity index (χ1) is 9.22. The van der Waals surface area contributed by atoms with Crippen molar-refractivity contribution in [2.45, 2.75) is 6.54 Å². The van der Waals surface area contributed by atoms with Crippen molar-refractivity contribution in [3.63, 3.8) is 0 Å². The Bertz CT molecular complexity index is 583. The molecule has 2 aromatic rings. The third-order valence-corrected chi connectivity index (χ3v) is 2.67. The minimum Gasteiger partial charge on any atom is -0.355 e. The predicted octanol–water partition coefficient (Wildman–Crippen LogP) is 1.64. The molecule has 1 amide bonds. The van der Waals surface area contributed by atoms with E-state index in [1.165, 1.54) is 0 Å². The van der Waals surface area contributed by atoms with Crippen LogP contribution in [0.3, 0.4) is 0 Å². The van der Waals surface area contributed by atoms with E-state index in [0.29, 0.717) is 12.2 Å². The number of aromatic nitrogens is 1. The van der Waals surface area contributed by atoms with E-state index in [9.17, 15) is 4.79 Å². The molecule has 1 aromatic carbocycles. The molecule has 5 nitrogen and oxygen atoms in total. The molecule has 5 heteroatoms. The first kappa shape index (κ1) is 13.0. The molecule has 0 unspecified atom stereocenters. The fourth-order valence-corrected chi connectivity index (χ4v) is 1.70. The number of hydrogen-bond donors (Lipinski definition) is 3. The van der Waals surface area contributed by atoms with E-state index in [2.05, 4.69) is 15.6 Å². The van der Waals surface area contributed by atoms with Crippen LogP contribution in [0.4, 0.5) is 11.4 Å². The molecular weight excluding hydrogens is 240 g/mol. The second-order valence-corrected chi connectivity index (χ2v) is 4.04. The summed E-state index contributed by atoms with van der Waals surface area (Å²) < 4.78 is 0. The van der Waals surface area contributed by atoms with Crippen molar-refractivity contribution in [2.75, 3.05) is 12.4 Å². The Morgan fingerprint density at radius 3 is 2.79 bits per heavy atom. The molecule has 0 radical (unpaired) electrons. The molecule has 0 saturated heterocycles. The molecule has 0 bridgehead atoms. The van der Waals surface area contributed by atoms with Gasteiger partial charge in [0.1, 0.15) is 5.69 Å². The minimum absolute atomic E-state index is 0.209. The van der Waals surface area contributed by atoms with Crippen LogP contribution in [0.1, 0.15) is 16.1 Å². The van der Waals surface area contributed by atoms with Crippen LogP contribution < -0.4 is 16.4 Å². The Kier molecular flexibility index (Phi) is 4.10. The normalized spacial score (nSPS) is 10.0. The maximum absolute atomic E-state index is 11.5. The zero-order valence-electron chi connectivity index (χ0n) is 10.7. The fourth-order valence-electron chi connectivity index (χ4n) is 1.70. The number of pyridine rings is 1. The van der Waals surface area contributed by atoms with E-state index in [4.69, 9.17) is 5.73 Å². The molecule has 0 saturated carbocycles. The maximum Gasteiger partial charge on any atom is 0.269 e. The Morgan fingerprint density at radius 1 is 1.26 bits per heavy atom.